The van der Waals surface area contributed by atoms with E-state index in [1.807, 2.05) is 0 Å². The number of thioether (sulfide) groups is 1. The van der Waals surface area contributed by atoms with E-state index in [4.69, 9.17) is 5.73 Å². The van der Waals surface area contributed by atoms with Gasteiger partial charge in [-0.05, 0) is 56.3 Å². The Bertz CT molecular complexity index is 348. The summed E-state index contributed by atoms with van der Waals surface area (Å²) < 4.78 is 0.323. The molecule has 0 saturated heterocycles. The van der Waals surface area contributed by atoms with E-state index in [0.717, 1.165) is 17.8 Å². The van der Waals surface area contributed by atoms with Crippen molar-refractivity contribution in [1.29, 1.82) is 0 Å². The number of hydrogen-bond donors (Lipinski definition) is 2. The smallest absolute Gasteiger partial charge is 0.318 e. The molecule has 4 bridgehead atoms. The van der Waals surface area contributed by atoms with Gasteiger partial charge in [-0.2, -0.15) is 0 Å². The number of urea groups is 1. The maximum absolute atomic E-state index is 11.5. The second kappa shape index (κ2) is 4.44. The molecule has 0 aromatic carbocycles. The summed E-state index contributed by atoms with van der Waals surface area (Å²) in [6.45, 7) is 0. The lowest BCUT2D eigenvalue weighted by Gasteiger charge is -2.56. The third kappa shape index (κ3) is 2.37. The highest BCUT2D eigenvalue weighted by atomic mass is 32.2. The predicted octanol–water partition coefficient (Wildman–Crippen LogP) is 1.88. The molecule has 0 aromatic heterocycles. The van der Waals surface area contributed by atoms with Gasteiger partial charge < -0.3 is 5.73 Å². The van der Waals surface area contributed by atoms with Crippen molar-refractivity contribution in [2.45, 2.75) is 43.3 Å². The van der Waals surface area contributed by atoms with Crippen LogP contribution in [0.2, 0.25) is 0 Å². The van der Waals surface area contributed by atoms with Gasteiger partial charge in [0.15, 0.2) is 0 Å². The highest BCUT2D eigenvalue weighted by Gasteiger charge is 2.51. The van der Waals surface area contributed by atoms with Gasteiger partial charge >= 0.3 is 6.03 Å². The molecule has 4 fully saturated rings. The molecule has 0 spiro atoms. The van der Waals surface area contributed by atoms with Crippen molar-refractivity contribution in [2.75, 3.05) is 5.75 Å². The Balaban J connectivity index is 1.59. The molecule has 0 radical (unpaired) electrons. The minimum Gasteiger partial charge on any atom is -0.351 e. The lowest BCUT2D eigenvalue weighted by molar-refractivity contribution is -0.117. The monoisotopic (exact) mass is 268 g/mol. The molecule has 100 valence electrons. The van der Waals surface area contributed by atoms with Crippen LogP contribution in [0.3, 0.4) is 0 Å². The minimum absolute atomic E-state index is 0.247. The molecular formula is C13H20N2O2S. The number of rotatable bonds is 3. The van der Waals surface area contributed by atoms with Gasteiger partial charge in [0, 0.05) is 4.75 Å². The van der Waals surface area contributed by atoms with Crippen LogP contribution in [-0.4, -0.2) is 22.4 Å². The standard InChI is InChI=1S/C13H20N2O2S/c14-12(17)15-11(16)7-18-13-4-8-1-9(5-13)3-10(2-8)6-13/h8-10H,1-7H2,(H3,14,15,16,17). The average Bonchev–Trinajstić information content (AvgIpc) is 2.23. The Morgan fingerprint density at radius 1 is 1.11 bits per heavy atom. The average molecular weight is 268 g/mol. The summed E-state index contributed by atoms with van der Waals surface area (Å²) in [6.07, 6.45) is 8.04. The molecule has 0 atom stereocenters. The van der Waals surface area contributed by atoms with E-state index in [0.29, 0.717) is 10.5 Å². The van der Waals surface area contributed by atoms with Gasteiger partial charge in [-0.25, -0.2) is 4.79 Å². The van der Waals surface area contributed by atoms with Crippen molar-refractivity contribution in [2.24, 2.45) is 23.5 Å². The first kappa shape index (κ1) is 12.3. The predicted molar refractivity (Wildman–Crippen MR) is 71.1 cm³/mol. The summed E-state index contributed by atoms with van der Waals surface area (Å²) in [7, 11) is 0. The molecule has 5 heteroatoms. The molecule has 4 saturated carbocycles. The lowest BCUT2D eigenvalue weighted by Crippen LogP contribution is -2.49. The molecule has 0 aliphatic heterocycles. The van der Waals surface area contributed by atoms with Crippen LogP contribution in [0.15, 0.2) is 0 Å². The van der Waals surface area contributed by atoms with Gasteiger partial charge in [-0.15, -0.1) is 11.8 Å². The third-order valence-corrected chi connectivity index (χ3v) is 6.27. The molecule has 0 aromatic rings. The summed E-state index contributed by atoms with van der Waals surface area (Å²) in [4.78, 5) is 22.1. The number of amides is 3. The molecule has 18 heavy (non-hydrogen) atoms. The second-order valence-electron chi connectivity index (χ2n) is 6.30. The van der Waals surface area contributed by atoms with Gasteiger partial charge in [0.1, 0.15) is 0 Å². The van der Waals surface area contributed by atoms with Gasteiger partial charge in [0.05, 0.1) is 5.75 Å². The Hall–Kier alpha value is -0.710. The number of imide groups is 1. The quantitative estimate of drug-likeness (QED) is 0.821. The van der Waals surface area contributed by atoms with Crippen LogP contribution >= 0.6 is 11.8 Å². The normalized spacial score (nSPS) is 40.8. The topological polar surface area (TPSA) is 72.2 Å². The fourth-order valence-corrected chi connectivity index (χ4v) is 6.17. The summed E-state index contributed by atoms with van der Waals surface area (Å²) in [5.41, 5.74) is 4.95. The third-order valence-electron chi connectivity index (χ3n) is 4.75. The summed E-state index contributed by atoms with van der Waals surface area (Å²) in [5, 5.41) is 2.15. The van der Waals surface area contributed by atoms with Gasteiger partial charge in [-0.3, -0.25) is 10.1 Å². The van der Waals surface area contributed by atoms with E-state index in [2.05, 4.69) is 5.32 Å². The molecule has 3 N–H and O–H groups in total. The summed E-state index contributed by atoms with van der Waals surface area (Å²) in [6, 6.07) is -0.744. The van der Waals surface area contributed by atoms with Crippen LogP contribution in [0.1, 0.15) is 38.5 Å². The van der Waals surface area contributed by atoms with Crippen molar-refractivity contribution in [3.05, 3.63) is 0 Å². The number of primary amides is 1. The maximum atomic E-state index is 11.5. The number of carbonyl (C=O) groups is 2. The van der Waals surface area contributed by atoms with E-state index >= 15 is 0 Å². The van der Waals surface area contributed by atoms with Crippen LogP contribution < -0.4 is 11.1 Å². The molecule has 4 aliphatic rings. The van der Waals surface area contributed by atoms with E-state index in [-0.39, 0.29) is 5.91 Å². The van der Waals surface area contributed by atoms with Gasteiger partial charge in [-0.1, -0.05) is 0 Å². The largest absolute Gasteiger partial charge is 0.351 e. The zero-order valence-corrected chi connectivity index (χ0v) is 11.3. The fourth-order valence-electron chi connectivity index (χ4n) is 4.60. The Morgan fingerprint density at radius 3 is 2.06 bits per heavy atom. The van der Waals surface area contributed by atoms with Crippen LogP contribution in [0, 0.1) is 17.8 Å². The highest BCUT2D eigenvalue weighted by Crippen LogP contribution is 2.60. The molecule has 4 nitrogen and oxygen atoms in total. The van der Waals surface area contributed by atoms with Crippen molar-refractivity contribution in [3.63, 3.8) is 0 Å². The first-order chi connectivity index (χ1) is 8.55. The lowest BCUT2D eigenvalue weighted by atomic mass is 9.56. The maximum Gasteiger partial charge on any atom is 0.318 e. The van der Waals surface area contributed by atoms with Crippen molar-refractivity contribution in [3.8, 4) is 0 Å². The van der Waals surface area contributed by atoms with E-state index < -0.39 is 6.03 Å². The molecule has 3 amide bonds. The number of nitrogens with one attached hydrogen (secondary N) is 1. The van der Waals surface area contributed by atoms with Crippen molar-refractivity contribution < 1.29 is 9.59 Å². The first-order valence-electron chi connectivity index (χ1n) is 6.78. The van der Waals surface area contributed by atoms with Crippen LogP contribution in [-0.2, 0) is 4.79 Å². The van der Waals surface area contributed by atoms with Crippen molar-refractivity contribution >= 4 is 23.7 Å². The summed E-state index contributed by atoms with van der Waals surface area (Å²) >= 11 is 1.76. The Labute approximate surface area is 111 Å². The second-order valence-corrected chi connectivity index (χ2v) is 7.75. The Morgan fingerprint density at radius 2 is 1.61 bits per heavy atom. The number of hydrogen-bond acceptors (Lipinski definition) is 3. The molecule has 4 rings (SSSR count). The minimum atomic E-state index is -0.744. The van der Waals surface area contributed by atoms with Crippen LogP contribution in [0.5, 0.6) is 0 Å². The van der Waals surface area contributed by atoms with Crippen molar-refractivity contribution in [1.82, 2.24) is 5.32 Å². The zero-order valence-electron chi connectivity index (χ0n) is 10.5. The molecule has 0 heterocycles. The highest BCUT2D eigenvalue weighted by molar-refractivity contribution is 8.01. The van der Waals surface area contributed by atoms with Crippen LogP contribution in [0.4, 0.5) is 4.79 Å². The van der Waals surface area contributed by atoms with E-state index in [9.17, 15) is 9.59 Å². The van der Waals surface area contributed by atoms with Gasteiger partial charge in [0.2, 0.25) is 5.91 Å². The Kier molecular flexibility index (Phi) is 3.04. The SMILES string of the molecule is NC(=O)NC(=O)CSC12CC3CC(CC(C3)C1)C2. The fraction of sp³-hybridized carbons (Fsp3) is 0.846. The van der Waals surface area contributed by atoms with E-state index in [1.54, 1.807) is 11.8 Å². The van der Waals surface area contributed by atoms with E-state index in [1.165, 1.54) is 38.5 Å². The van der Waals surface area contributed by atoms with Gasteiger partial charge in [0.25, 0.3) is 0 Å². The summed E-state index contributed by atoms with van der Waals surface area (Å²) in [5.74, 6) is 2.80. The zero-order chi connectivity index (χ0) is 12.8. The molecule has 0 unspecified atom stereocenters. The molecule has 4 aliphatic carbocycles. The molecular weight excluding hydrogens is 248 g/mol. The number of nitrogens with two attached hydrogens (primary N) is 1. The van der Waals surface area contributed by atoms with Crippen LogP contribution in [0.25, 0.3) is 0 Å². The number of carbonyl (C=O) groups excluding carboxylic acids is 2. The first-order valence-corrected chi connectivity index (χ1v) is 7.76.